The third-order valence-corrected chi connectivity index (χ3v) is 5.53. The van der Waals surface area contributed by atoms with Crippen molar-refractivity contribution in [2.75, 3.05) is 17.2 Å². The first-order chi connectivity index (χ1) is 13.7. The summed E-state index contributed by atoms with van der Waals surface area (Å²) in [6.45, 7) is -0.429. The number of rotatable bonds is 8. The zero-order chi connectivity index (χ0) is 21.4. The number of esters is 1. The molecule has 0 saturated heterocycles. The van der Waals surface area contributed by atoms with Gasteiger partial charge in [-0.25, -0.2) is 0 Å². The Kier molecular flexibility index (Phi) is 9.23. The van der Waals surface area contributed by atoms with Gasteiger partial charge in [-0.2, -0.15) is 0 Å². The second-order valence-electron chi connectivity index (χ2n) is 5.87. The van der Waals surface area contributed by atoms with E-state index in [4.69, 9.17) is 39.5 Å². The van der Waals surface area contributed by atoms with Crippen molar-refractivity contribution in [3.05, 3.63) is 55.9 Å². The summed E-state index contributed by atoms with van der Waals surface area (Å²) in [7, 11) is 0. The maximum Gasteiger partial charge on any atom is 0.306 e. The standard InChI is InChI=1S/C19H16BrCl3N2O4/c20-13-6-4-11(8-15(13)22)25-18(27)10-29-19(28)3-1-2-17(26)24-12-5-7-14(21)16(23)9-12/h4-9H,1-3,10H2,(H,24,26)(H,25,27). The Bertz CT molecular complexity index is 924. The average Bonchev–Trinajstić information content (AvgIpc) is 2.66. The van der Waals surface area contributed by atoms with Crippen LogP contribution in [0.5, 0.6) is 0 Å². The zero-order valence-corrected chi connectivity index (χ0v) is 18.8. The Hall–Kier alpha value is -1.80. The van der Waals surface area contributed by atoms with Gasteiger partial charge in [-0.3, -0.25) is 14.4 Å². The predicted octanol–water partition coefficient (Wildman–Crippen LogP) is 5.70. The van der Waals surface area contributed by atoms with Crippen molar-refractivity contribution in [2.24, 2.45) is 0 Å². The summed E-state index contributed by atoms with van der Waals surface area (Å²) in [5, 5.41) is 6.39. The Balaban J connectivity index is 1.65. The van der Waals surface area contributed by atoms with Gasteiger partial charge in [0.15, 0.2) is 6.61 Å². The topological polar surface area (TPSA) is 84.5 Å². The van der Waals surface area contributed by atoms with Crippen molar-refractivity contribution in [1.82, 2.24) is 0 Å². The monoisotopic (exact) mass is 520 g/mol. The minimum absolute atomic E-state index is 0.00614. The summed E-state index contributed by atoms with van der Waals surface area (Å²) in [5.41, 5.74) is 0.995. The molecule has 0 radical (unpaired) electrons. The van der Waals surface area contributed by atoms with E-state index in [-0.39, 0.29) is 25.2 Å². The van der Waals surface area contributed by atoms with E-state index in [1.807, 2.05) is 0 Å². The van der Waals surface area contributed by atoms with Gasteiger partial charge in [-0.15, -0.1) is 0 Å². The largest absolute Gasteiger partial charge is 0.456 e. The van der Waals surface area contributed by atoms with Gasteiger partial charge in [0.2, 0.25) is 5.91 Å². The Morgan fingerprint density at radius 2 is 1.45 bits per heavy atom. The van der Waals surface area contributed by atoms with E-state index >= 15 is 0 Å². The maximum atomic E-state index is 11.9. The van der Waals surface area contributed by atoms with Crippen LogP contribution in [-0.4, -0.2) is 24.4 Å². The van der Waals surface area contributed by atoms with Crippen LogP contribution in [0.1, 0.15) is 19.3 Å². The molecule has 0 aliphatic heterocycles. The van der Waals surface area contributed by atoms with Gasteiger partial charge in [0, 0.05) is 28.7 Å². The zero-order valence-electron chi connectivity index (χ0n) is 14.9. The van der Waals surface area contributed by atoms with E-state index in [2.05, 4.69) is 26.6 Å². The third kappa shape index (κ3) is 8.22. The lowest BCUT2D eigenvalue weighted by Gasteiger charge is -2.08. The van der Waals surface area contributed by atoms with Gasteiger partial charge in [-0.05, 0) is 58.7 Å². The molecule has 2 aromatic rings. The van der Waals surface area contributed by atoms with Gasteiger partial charge in [-0.1, -0.05) is 34.8 Å². The van der Waals surface area contributed by atoms with Crippen LogP contribution < -0.4 is 10.6 Å². The summed E-state index contributed by atoms with van der Waals surface area (Å²) >= 11 is 20.9. The summed E-state index contributed by atoms with van der Waals surface area (Å²) in [6.07, 6.45) is 0.390. The number of ether oxygens (including phenoxy) is 1. The quantitative estimate of drug-likeness (QED) is 0.436. The molecule has 0 bridgehead atoms. The molecule has 154 valence electrons. The first-order valence-electron chi connectivity index (χ1n) is 8.40. The van der Waals surface area contributed by atoms with Crippen molar-refractivity contribution < 1.29 is 19.1 Å². The number of carbonyl (C=O) groups excluding carboxylic acids is 3. The van der Waals surface area contributed by atoms with Gasteiger partial charge < -0.3 is 15.4 Å². The molecule has 0 aromatic heterocycles. The number of amides is 2. The molecule has 0 unspecified atom stereocenters. The maximum absolute atomic E-state index is 11.9. The fourth-order valence-electron chi connectivity index (χ4n) is 2.18. The van der Waals surface area contributed by atoms with E-state index in [0.29, 0.717) is 30.9 Å². The molecule has 2 N–H and O–H groups in total. The van der Waals surface area contributed by atoms with Crippen LogP contribution in [0.3, 0.4) is 0 Å². The molecule has 0 heterocycles. The van der Waals surface area contributed by atoms with Crippen LogP contribution >= 0.6 is 50.7 Å². The fraction of sp³-hybridized carbons (Fsp3) is 0.211. The highest BCUT2D eigenvalue weighted by Gasteiger charge is 2.11. The Morgan fingerprint density at radius 1 is 0.828 bits per heavy atom. The van der Waals surface area contributed by atoms with Crippen LogP contribution in [0.15, 0.2) is 40.9 Å². The number of carbonyl (C=O) groups is 3. The molecule has 6 nitrogen and oxygen atoms in total. The van der Waals surface area contributed by atoms with Gasteiger partial charge in [0.25, 0.3) is 5.91 Å². The first kappa shape index (κ1) is 23.5. The smallest absolute Gasteiger partial charge is 0.306 e. The predicted molar refractivity (Wildman–Crippen MR) is 118 cm³/mol. The van der Waals surface area contributed by atoms with E-state index in [9.17, 15) is 14.4 Å². The van der Waals surface area contributed by atoms with Crippen molar-refractivity contribution in [3.63, 3.8) is 0 Å². The number of nitrogens with one attached hydrogen (secondary N) is 2. The summed E-state index contributed by atoms with van der Waals surface area (Å²) < 4.78 is 5.60. The minimum atomic E-state index is -0.573. The van der Waals surface area contributed by atoms with E-state index in [1.54, 1.807) is 30.3 Å². The first-order valence-corrected chi connectivity index (χ1v) is 10.3. The second-order valence-corrected chi connectivity index (χ2v) is 7.94. The number of hydrogen-bond acceptors (Lipinski definition) is 4. The SMILES string of the molecule is O=C(CCCC(=O)OCC(=O)Nc1ccc(Br)c(Cl)c1)Nc1ccc(Cl)c(Cl)c1. The molecule has 0 aliphatic rings. The Morgan fingerprint density at radius 3 is 2.10 bits per heavy atom. The molecular formula is C19H16BrCl3N2O4. The second kappa shape index (κ2) is 11.4. The molecule has 2 amide bonds. The lowest BCUT2D eigenvalue weighted by Crippen LogP contribution is -2.21. The highest BCUT2D eigenvalue weighted by atomic mass is 79.9. The molecule has 2 aromatic carbocycles. The van der Waals surface area contributed by atoms with Crippen LogP contribution in [0.25, 0.3) is 0 Å². The van der Waals surface area contributed by atoms with E-state index in [0.717, 1.165) is 0 Å². The van der Waals surface area contributed by atoms with E-state index in [1.165, 1.54) is 6.07 Å². The highest BCUT2D eigenvalue weighted by Crippen LogP contribution is 2.26. The molecule has 0 fully saturated rings. The fourth-order valence-corrected chi connectivity index (χ4v) is 2.91. The highest BCUT2D eigenvalue weighted by molar-refractivity contribution is 9.10. The van der Waals surface area contributed by atoms with Gasteiger partial charge in [0.05, 0.1) is 15.1 Å². The van der Waals surface area contributed by atoms with Crippen molar-refractivity contribution in [3.8, 4) is 0 Å². The molecule has 0 aliphatic carbocycles. The molecule has 0 atom stereocenters. The normalized spacial score (nSPS) is 10.3. The van der Waals surface area contributed by atoms with Crippen molar-refractivity contribution >= 4 is 79.9 Å². The van der Waals surface area contributed by atoms with Crippen molar-refractivity contribution in [2.45, 2.75) is 19.3 Å². The minimum Gasteiger partial charge on any atom is -0.456 e. The number of benzene rings is 2. The van der Waals surface area contributed by atoms with Gasteiger partial charge in [0.1, 0.15) is 0 Å². The van der Waals surface area contributed by atoms with Crippen LogP contribution in [-0.2, 0) is 19.1 Å². The van der Waals surface area contributed by atoms with Crippen LogP contribution in [0.2, 0.25) is 15.1 Å². The average molecular weight is 523 g/mol. The molecule has 10 heteroatoms. The Labute approximate surface area is 191 Å². The molecule has 2 rings (SSSR count). The van der Waals surface area contributed by atoms with Gasteiger partial charge >= 0.3 is 5.97 Å². The number of anilines is 2. The molecular weight excluding hydrogens is 506 g/mol. The van der Waals surface area contributed by atoms with Crippen LogP contribution in [0.4, 0.5) is 11.4 Å². The number of hydrogen-bond donors (Lipinski definition) is 2. The summed E-state index contributed by atoms with van der Waals surface area (Å²) in [5.74, 6) is -1.34. The van der Waals surface area contributed by atoms with E-state index < -0.39 is 18.5 Å². The summed E-state index contributed by atoms with van der Waals surface area (Å²) in [6, 6.07) is 9.64. The molecule has 29 heavy (non-hydrogen) atoms. The van der Waals surface area contributed by atoms with Crippen LogP contribution in [0, 0.1) is 0 Å². The van der Waals surface area contributed by atoms with Crippen molar-refractivity contribution in [1.29, 1.82) is 0 Å². The number of halogens is 4. The lowest BCUT2D eigenvalue weighted by atomic mass is 10.2. The lowest BCUT2D eigenvalue weighted by molar-refractivity contribution is -0.147. The third-order valence-electron chi connectivity index (χ3n) is 3.56. The molecule has 0 spiro atoms. The molecule has 0 saturated carbocycles. The summed E-state index contributed by atoms with van der Waals surface area (Å²) in [4.78, 5) is 35.4.